The molecular formula is C17H18F2. The molecule has 1 aromatic rings. The van der Waals surface area contributed by atoms with Gasteiger partial charge in [0, 0.05) is 0 Å². The highest BCUT2D eigenvalue weighted by atomic mass is 19.1. The normalized spacial score (nSPS) is 17.7. The van der Waals surface area contributed by atoms with E-state index in [1.165, 1.54) is 18.2 Å². The molecule has 19 heavy (non-hydrogen) atoms. The highest BCUT2D eigenvalue weighted by Gasteiger charge is 2.41. The summed E-state index contributed by atoms with van der Waals surface area (Å²) in [5.74, 6) is -0.513. The molecule has 1 aliphatic rings. The Morgan fingerprint density at radius 3 is 2.79 bits per heavy atom. The van der Waals surface area contributed by atoms with Gasteiger partial charge in [-0.25, -0.2) is 8.78 Å². The van der Waals surface area contributed by atoms with Crippen molar-refractivity contribution < 1.29 is 8.78 Å². The van der Waals surface area contributed by atoms with Crippen LogP contribution in [-0.2, 0) is 11.8 Å². The maximum absolute atomic E-state index is 14.3. The SMILES string of the molecule is C=C/C=C(F)\C=C/Cc1cccc(C2(C)CC2)c1F. The molecule has 0 nitrogen and oxygen atoms in total. The zero-order chi connectivity index (χ0) is 13.9. The monoisotopic (exact) mass is 260 g/mol. The van der Waals surface area contributed by atoms with Gasteiger partial charge in [0.2, 0.25) is 0 Å². The van der Waals surface area contributed by atoms with Crippen molar-refractivity contribution in [2.45, 2.75) is 31.6 Å². The molecule has 0 spiro atoms. The number of allylic oxidation sites excluding steroid dienone is 5. The van der Waals surface area contributed by atoms with Gasteiger partial charge in [0.1, 0.15) is 11.6 Å². The van der Waals surface area contributed by atoms with Gasteiger partial charge in [-0.05, 0) is 48.0 Å². The summed E-state index contributed by atoms with van der Waals surface area (Å²) in [6, 6.07) is 5.48. The van der Waals surface area contributed by atoms with Crippen LogP contribution in [0.15, 0.2) is 54.9 Å². The Morgan fingerprint density at radius 2 is 2.16 bits per heavy atom. The lowest BCUT2D eigenvalue weighted by Crippen LogP contribution is -2.05. The van der Waals surface area contributed by atoms with Gasteiger partial charge in [0.05, 0.1) is 0 Å². The number of benzene rings is 1. The number of rotatable bonds is 5. The van der Waals surface area contributed by atoms with E-state index in [0.717, 1.165) is 18.4 Å². The summed E-state index contributed by atoms with van der Waals surface area (Å²) in [4.78, 5) is 0. The van der Waals surface area contributed by atoms with E-state index in [1.807, 2.05) is 12.1 Å². The van der Waals surface area contributed by atoms with E-state index in [0.29, 0.717) is 12.0 Å². The standard InChI is InChI=1S/C17H18F2/c1-3-6-14(18)9-4-7-13-8-5-10-15(16(13)19)17(2)11-12-17/h3-6,8-10H,1,7,11-12H2,2H3/b9-4-,14-6+. The molecule has 0 N–H and O–H groups in total. The minimum atomic E-state index is -0.374. The van der Waals surface area contributed by atoms with Crippen LogP contribution >= 0.6 is 0 Å². The molecule has 2 rings (SSSR count). The fraction of sp³-hybridized carbons (Fsp3) is 0.294. The molecule has 0 amide bonds. The van der Waals surface area contributed by atoms with Gasteiger partial charge in [-0.2, -0.15) is 0 Å². The zero-order valence-electron chi connectivity index (χ0n) is 11.1. The van der Waals surface area contributed by atoms with Gasteiger partial charge in [-0.3, -0.25) is 0 Å². The van der Waals surface area contributed by atoms with Crippen molar-refractivity contribution in [3.8, 4) is 0 Å². The van der Waals surface area contributed by atoms with Crippen LogP contribution in [-0.4, -0.2) is 0 Å². The smallest absolute Gasteiger partial charge is 0.130 e. The van der Waals surface area contributed by atoms with Crippen molar-refractivity contribution in [2.75, 3.05) is 0 Å². The second-order valence-electron chi connectivity index (χ2n) is 5.23. The van der Waals surface area contributed by atoms with E-state index in [9.17, 15) is 8.78 Å². The summed E-state index contributed by atoms with van der Waals surface area (Å²) >= 11 is 0. The van der Waals surface area contributed by atoms with E-state index >= 15 is 0 Å². The number of hydrogen-bond donors (Lipinski definition) is 0. The molecule has 0 bridgehead atoms. The van der Waals surface area contributed by atoms with Gasteiger partial charge < -0.3 is 0 Å². The van der Waals surface area contributed by atoms with Crippen LogP contribution in [0.2, 0.25) is 0 Å². The second kappa shape index (κ2) is 5.52. The largest absolute Gasteiger partial charge is 0.207 e. The van der Waals surface area contributed by atoms with Crippen molar-refractivity contribution in [3.63, 3.8) is 0 Å². The molecule has 1 aliphatic carbocycles. The summed E-state index contributed by atoms with van der Waals surface area (Å²) in [6.07, 6.45) is 8.11. The molecule has 2 heteroatoms. The van der Waals surface area contributed by atoms with Crippen LogP contribution < -0.4 is 0 Å². The van der Waals surface area contributed by atoms with Gasteiger partial charge in [0.15, 0.2) is 0 Å². The Hall–Kier alpha value is -1.70. The molecule has 0 aliphatic heterocycles. The molecule has 0 radical (unpaired) electrons. The Labute approximate surface area is 113 Å². The fourth-order valence-corrected chi connectivity index (χ4v) is 2.13. The Bertz CT molecular complexity index is 534. The third kappa shape index (κ3) is 3.19. The zero-order valence-corrected chi connectivity index (χ0v) is 11.1. The quantitative estimate of drug-likeness (QED) is 0.652. The van der Waals surface area contributed by atoms with Gasteiger partial charge in [-0.1, -0.05) is 43.9 Å². The van der Waals surface area contributed by atoms with E-state index in [2.05, 4.69) is 13.5 Å². The third-order valence-electron chi connectivity index (χ3n) is 3.62. The lowest BCUT2D eigenvalue weighted by molar-refractivity contribution is 0.575. The van der Waals surface area contributed by atoms with Gasteiger partial charge >= 0.3 is 0 Å². The minimum absolute atomic E-state index is 0.0117. The highest BCUT2D eigenvalue weighted by Crippen LogP contribution is 2.48. The average Bonchev–Trinajstić information content (AvgIpc) is 3.11. The molecule has 0 heterocycles. The minimum Gasteiger partial charge on any atom is -0.207 e. The molecule has 1 fully saturated rings. The molecule has 1 aromatic carbocycles. The van der Waals surface area contributed by atoms with Crippen LogP contribution in [0, 0.1) is 5.82 Å². The molecule has 0 saturated heterocycles. The molecule has 0 atom stereocenters. The molecule has 100 valence electrons. The second-order valence-corrected chi connectivity index (χ2v) is 5.23. The van der Waals surface area contributed by atoms with Gasteiger partial charge in [-0.15, -0.1) is 0 Å². The van der Waals surface area contributed by atoms with Crippen LogP contribution in [0.1, 0.15) is 30.9 Å². The predicted molar refractivity (Wildman–Crippen MR) is 75.2 cm³/mol. The summed E-state index contributed by atoms with van der Waals surface area (Å²) in [5.41, 5.74) is 1.42. The fourth-order valence-electron chi connectivity index (χ4n) is 2.13. The Morgan fingerprint density at radius 1 is 1.42 bits per heavy atom. The maximum Gasteiger partial charge on any atom is 0.130 e. The molecule has 1 saturated carbocycles. The lowest BCUT2D eigenvalue weighted by atomic mass is 9.94. The highest BCUT2D eigenvalue weighted by molar-refractivity contribution is 5.36. The van der Waals surface area contributed by atoms with E-state index in [4.69, 9.17) is 0 Å². The topological polar surface area (TPSA) is 0 Å². The van der Waals surface area contributed by atoms with Crippen molar-refractivity contribution in [1.82, 2.24) is 0 Å². The summed E-state index contributed by atoms with van der Waals surface area (Å²) in [6.45, 7) is 5.50. The molecular weight excluding hydrogens is 242 g/mol. The lowest BCUT2D eigenvalue weighted by Gasteiger charge is -2.12. The Kier molecular flexibility index (Phi) is 3.98. The first kappa shape index (κ1) is 13.7. The third-order valence-corrected chi connectivity index (χ3v) is 3.62. The number of hydrogen-bond acceptors (Lipinski definition) is 0. The van der Waals surface area contributed by atoms with Crippen molar-refractivity contribution in [2.24, 2.45) is 0 Å². The molecule has 0 aromatic heterocycles. The first-order valence-electron chi connectivity index (χ1n) is 6.49. The van der Waals surface area contributed by atoms with Crippen molar-refractivity contribution >= 4 is 0 Å². The van der Waals surface area contributed by atoms with Crippen LogP contribution in [0.4, 0.5) is 8.78 Å². The van der Waals surface area contributed by atoms with Crippen LogP contribution in [0.3, 0.4) is 0 Å². The van der Waals surface area contributed by atoms with E-state index < -0.39 is 0 Å². The predicted octanol–water partition coefficient (Wildman–Crippen LogP) is 5.02. The first-order chi connectivity index (χ1) is 9.07. The van der Waals surface area contributed by atoms with E-state index in [1.54, 1.807) is 12.1 Å². The average molecular weight is 260 g/mol. The van der Waals surface area contributed by atoms with Crippen LogP contribution in [0.5, 0.6) is 0 Å². The Balaban J connectivity index is 2.13. The summed E-state index contributed by atoms with van der Waals surface area (Å²) < 4.78 is 27.4. The van der Waals surface area contributed by atoms with E-state index in [-0.39, 0.29) is 17.1 Å². The van der Waals surface area contributed by atoms with Gasteiger partial charge in [0.25, 0.3) is 0 Å². The van der Waals surface area contributed by atoms with Crippen LogP contribution in [0.25, 0.3) is 0 Å². The molecule has 0 unspecified atom stereocenters. The van der Waals surface area contributed by atoms with Crippen molar-refractivity contribution in [1.29, 1.82) is 0 Å². The van der Waals surface area contributed by atoms with Crippen molar-refractivity contribution in [3.05, 3.63) is 71.9 Å². The summed E-state index contributed by atoms with van der Waals surface area (Å²) in [5, 5.41) is 0. The first-order valence-corrected chi connectivity index (χ1v) is 6.49. The maximum atomic E-state index is 14.3. The summed E-state index contributed by atoms with van der Waals surface area (Å²) in [7, 11) is 0. The number of halogens is 2.